The molecule has 2 aromatic rings. The third-order valence-corrected chi connectivity index (χ3v) is 4.71. The number of amides is 2. The Morgan fingerprint density at radius 3 is 2.45 bits per heavy atom. The van der Waals surface area contributed by atoms with Crippen molar-refractivity contribution in [3.05, 3.63) is 65.2 Å². The Labute approximate surface area is 171 Å². The molecule has 0 unspecified atom stereocenters. The number of anilines is 1. The van der Waals surface area contributed by atoms with Crippen LogP contribution in [0.3, 0.4) is 0 Å². The number of aryl methyl sites for hydroxylation is 1. The predicted octanol–water partition coefficient (Wildman–Crippen LogP) is 3.81. The van der Waals surface area contributed by atoms with Crippen LogP contribution in [0.2, 0.25) is 0 Å². The first-order valence-electron chi connectivity index (χ1n) is 9.76. The highest BCUT2D eigenvalue weighted by molar-refractivity contribution is 5.97. The minimum absolute atomic E-state index is 0.293. The summed E-state index contributed by atoms with van der Waals surface area (Å²) in [4.78, 5) is 36.5. The van der Waals surface area contributed by atoms with E-state index >= 15 is 0 Å². The van der Waals surface area contributed by atoms with Crippen molar-refractivity contribution in [1.29, 1.82) is 0 Å². The zero-order valence-corrected chi connectivity index (χ0v) is 17.3. The van der Waals surface area contributed by atoms with Crippen molar-refractivity contribution >= 4 is 23.5 Å². The highest BCUT2D eigenvalue weighted by Gasteiger charge is 2.20. The predicted molar refractivity (Wildman–Crippen MR) is 113 cm³/mol. The van der Waals surface area contributed by atoms with Gasteiger partial charge in [-0.05, 0) is 49.9 Å². The minimum atomic E-state index is -0.983. The summed E-state index contributed by atoms with van der Waals surface area (Å²) in [6.45, 7) is 7.24. The molecule has 2 amide bonds. The van der Waals surface area contributed by atoms with Crippen LogP contribution in [-0.4, -0.2) is 30.4 Å². The average molecular weight is 396 g/mol. The molecular weight excluding hydrogens is 368 g/mol. The number of nitrogens with one attached hydrogen (secondary N) is 2. The summed E-state index contributed by atoms with van der Waals surface area (Å²) < 4.78 is 5.16. The maximum absolute atomic E-state index is 12.4. The van der Waals surface area contributed by atoms with Crippen LogP contribution in [0.5, 0.6) is 0 Å². The molecule has 29 heavy (non-hydrogen) atoms. The van der Waals surface area contributed by atoms with E-state index in [9.17, 15) is 14.4 Å². The largest absolute Gasteiger partial charge is 0.451 e. The molecule has 0 radical (unpaired) electrons. The van der Waals surface area contributed by atoms with Gasteiger partial charge in [0, 0.05) is 11.3 Å². The van der Waals surface area contributed by atoms with Gasteiger partial charge in [-0.2, -0.15) is 0 Å². The van der Waals surface area contributed by atoms with Crippen molar-refractivity contribution in [2.75, 3.05) is 11.9 Å². The summed E-state index contributed by atoms with van der Waals surface area (Å²) in [5.41, 5.74) is 3.16. The minimum Gasteiger partial charge on any atom is -0.451 e. The van der Waals surface area contributed by atoms with E-state index in [1.54, 1.807) is 18.2 Å². The molecule has 0 aliphatic heterocycles. The van der Waals surface area contributed by atoms with E-state index in [-0.39, 0.29) is 12.5 Å². The van der Waals surface area contributed by atoms with E-state index in [4.69, 9.17) is 4.74 Å². The lowest BCUT2D eigenvalue weighted by atomic mass is 9.97. The molecule has 2 aromatic carbocycles. The third-order valence-electron chi connectivity index (χ3n) is 4.71. The molecule has 0 aliphatic rings. The first kappa shape index (κ1) is 22.1. The van der Waals surface area contributed by atoms with Crippen LogP contribution >= 0.6 is 0 Å². The van der Waals surface area contributed by atoms with Crippen LogP contribution in [0.15, 0.2) is 48.5 Å². The Bertz CT molecular complexity index is 879. The standard InChI is InChI=1S/C23H28N2O4/c1-5-16(3)19-11-6-7-12-20(19)25-22(27)17(4)29-21(26)14-24-23(28)18-10-8-9-15(2)13-18/h6-13,16-17H,5,14H2,1-4H3,(H,24,28)(H,25,27)/t16-,17-/m1/s1. The first-order valence-corrected chi connectivity index (χ1v) is 9.76. The number of carbonyl (C=O) groups excluding carboxylic acids is 3. The summed E-state index contributed by atoms with van der Waals surface area (Å²) in [6.07, 6.45) is -0.0405. The van der Waals surface area contributed by atoms with Crippen LogP contribution in [-0.2, 0) is 14.3 Å². The molecule has 6 nitrogen and oxygen atoms in total. The molecule has 2 rings (SSSR count). The van der Waals surface area contributed by atoms with Gasteiger partial charge in [0.25, 0.3) is 11.8 Å². The van der Waals surface area contributed by atoms with Crippen LogP contribution in [0.25, 0.3) is 0 Å². The lowest BCUT2D eigenvalue weighted by molar-refractivity contribution is -0.152. The van der Waals surface area contributed by atoms with E-state index in [0.717, 1.165) is 17.5 Å². The van der Waals surface area contributed by atoms with Crippen LogP contribution in [0, 0.1) is 6.92 Å². The van der Waals surface area contributed by atoms with E-state index in [0.29, 0.717) is 17.2 Å². The second kappa shape index (κ2) is 10.4. The van der Waals surface area contributed by atoms with Crippen molar-refractivity contribution in [2.24, 2.45) is 0 Å². The second-order valence-electron chi connectivity index (χ2n) is 7.07. The SMILES string of the molecule is CC[C@@H](C)c1ccccc1NC(=O)[C@@H](C)OC(=O)CNC(=O)c1cccc(C)c1. The highest BCUT2D eigenvalue weighted by Crippen LogP contribution is 2.26. The molecule has 2 atom stereocenters. The number of benzene rings is 2. The van der Waals surface area contributed by atoms with Gasteiger partial charge in [-0.3, -0.25) is 14.4 Å². The van der Waals surface area contributed by atoms with Gasteiger partial charge in [-0.1, -0.05) is 49.7 Å². The normalized spacial score (nSPS) is 12.6. The number of esters is 1. The van der Waals surface area contributed by atoms with Crippen LogP contribution in [0.4, 0.5) is 5.69 Å². The van der Waals surface area contributed by atoms with E-state index in [1.165, 1.54) is 6.92 Å². The number of hydrogen-bond acceptors (Lipinski definition) is 4. The summed E-state index contributed by atoms with van der Waals surface area (Å²) in [5, 5.41) is 5.33. The topological polar surface area (TPSA) is 84.5 Å². The summed E-state index contributed by atoms with van der Waals surface area (Å²) in [5.74, 6) is -1.17. The first-order chi connectivity index (χ1) is 13.8. The molecule has 6 heteroatoms. The average Bonchev–Trinajstić information content (AvgIpc) is 2.71. The third kappa shape index (κ3) is 6.45. The molecule has 0 spiro atoms. The number of hydrogen-bond donors (Lipinski definition) is 2. The van der Waals surface area contributed by atoms with Crippen molar-refractivity contribution in [3.63, 3.8) is 0 Å². The highest BCUT2D eigenvalue weighted by atomic mass is 16.5. The lowest BCUT2D eigenvalue weighted by Gasteiger charge is -2.18. The Morgan fingerprint density at radius 1 is 1.03 bits per heavy atom. The fourth-order valence-electron chi connectivity index (χ4n) is 2.83. The molecule has 2 N–H and O–H groups in total. The molecule has 0 fully saturated rings. The Balaban J connectivity index is 1.88. The zero-order valence-electron chi connectivity index (χ0n) is 17.3. The number of rotatable bonds is 8. The van der Waals surface area contributed by atoms with Crippen molar-refractivity contribution in [1.82, 2.24) is 5.32 Å². The maximum atomic E-state index is 12.4. The molecule has 0 aromatic heterocycles. The fraction of sp³-hybridized carbons (Fsp3) is 0.348. The summed E-state index contributed by atoms with van der Waals surface area (Å²) in [7, 11) is 0. The van der Waals surface area contributed by atoms with Gasteiger partial charge in [0.2, 0.25) is 0 Å². The van der Waals surface area contributed by atoms with Crippen LogP contribution < -0.4 is 10.6 Å². The van der Waals surface area contributed by atoms with Gasteiger partial charge in [0.15, 0.2) is 6.10 Å². The maximum Gasteiger partial charge on any atom is 0.326 e. The van der Waals surface area contributed by atoms with E-state index in [1.807, 2.05) is 37.3 Å². The molecule has 0 heterocycles. The number of ether oxygens (including phenoxy) is 1. The molecule has 0 saturated carbocycles. The van der Waals surface area contributed by atoms with E-state index < -0.39 is 18.0 Å². The van der Waals surface area contributed by atoms with Crippen molar-refractivity contribution < 1.29 is 19.1 Å². The monoisotopic (exact) mass is 396 g/mol. The van der Waals surface area contributed by atoms with Gasteiger partial charge in [-0.15, -0.1) is 0 Å². The molecule has 0 aliphatic carbocycles. The smallest absolute Gasteiger partial charge is 0.326 e. The van der Waals surface area contributed by atoms with Gasteiger partial charge in [0.1, 0.15) is 6.54 Å². The van der Waals surface area contributed by atoms with Gasteiger partial charge >= 0.3 is 5.97 Å². The van der Waals surface area contributed by atoms with Gasteiger partial charge < -0.3 is 15.4 Å². The molecule has 154 valence electrons. The van der Waals surface area contributed by atoms with Crippen molar-refractivity contribution in [3.8, 4) is 0 Å². The summed E-state index contributed by atoms with van der Waals surface area (Å²) >= 11 is 0. The lowest BCUT2D eigenvalue weighted by Crippen LogP contribution is -2.36. The van der Waals surface area contributed by atoms with Crippen molar-refractivity contribution in [2.45, 2.75) is 46.1 Å². The molecule has 0 saturated heterocycles. The Hall–Kier alpha value is -3.15. The second-order valence-corrected chi connectivity index (χ2v) is 7.07. The Kier molecular flexibility index (Phi) is 7.95. The van der Waals surface area contributed by atoms with Gasteiger partial charge in [0.05, 0.1) is 0 Å². The van der Waals surface area contributed by atoms with E-state index in [2.05, 4.69) is 24.5 Å². The van der Waals surface area contributed by atoms with Crippen LogP contribution in [0.1, 0.15) is 54.6 Å². The Morgan fingerprint density at radius 2 is 1.76 bits per heavy atom. The van der Waals surface area contributed by atoms with Gasteiger partial charge in [-0.25, -0.2) is 0 Å². The number of para-hydroxylation sites is 1. The summed E-state index contributed by atoms with van der Waals surface area (Å²) in [6, 6.07) is 14.6. The fourth-order valence-corrected chi connectivity index (χ4v) is 2.83. The quantitative estimate of drug-likeness (QED) is 0.665. The zero-order chi connectivity index (χ0) is 21.4. The number of carbonyl (C=O) groups is 3. The molecule has 0 bridgehead atoms. The molecular formula is C23H28N2O4.